The van der Waals surface area contributed by atoms with Gasteiger partial charge in [0.1, 0.15) is 36.6 Å². The van der Waals surface area contributed by atoms with E-state index in [4.69, 9.17) is 31.5 Å². The summed E-state index contributed by atoms with van der Waals surface area (Å²) in [7, 11) is 0. The number of alkyl halides is 3. The maximum Gasteiger partial charge on any atom is 0.406 e. The van der Waals surface area contributed by atoms with Crippen molar-refractivity contribution in [2.45, 2.75) is 45.5 Å². The largest absolute Gasteiger partial charge is 0.489 e. The minimum absolute atomic E-state index is 0.0356. The summed E-state index contributed by atoms with van der Waals surface area (Å²) in [6.45, 7) is 3.34. The van der Waals surface area contributed by atoms with Crippen LogP contribution >= 0.6 is 11.6 Å². The number of aliphatic imine (C=N–C) groups is 1. The summed E-state index contributed by atoms with van der Waals surface area (Å²) in [4.78, 5) is 28.5. The third kappa shape index (κ3) is 8.53. The SMILES string of the molecule is CCC(C=N/C(=C\N)OC[C@H](C)NC(C)=O)Oc1ccc2c(c1Cl)OCCN(CC(F)(F)F)C2=O. The zero-order valence-corrected chi connectivity index (χ0v) is 20.3. The fourth-order valence-corrected chi connectivity index (χ4v) is 3.37. The van der Waals surface area contributed by atoms with Crippen molar-refractivity contribution in [1.82, 2.24) is 10.2 Å². The number of nitrogens with one attached hydrogen (secondary N) is 1. The molecule has 0 aliphatic carbocycles. The summed E-state index contributed by atoms with van der Waals surface area (Å²) >= 11 is 6.38. The van der Waals surface area contributed by atoms with Crippen molar-refractivity contribution in [3.05, 3.63) is 34.8 Å². The third-order valence-corrected chi connectivity index (χ3v) is 5.04. The fourth-order valence-electron chi connectivity index (χ4n) is 3.10. The van der Waals surface area contributed by atoms with Gasteiger partial charge in [0, 0.05) is 13.1 Å². The molecule has 2 rings (SSSR count). The molecule has 2 amide bonds. The summed E-state index contributed by atoms with van der Waals surface area (Å²) in [5, 5.41) is 2.63. The second kappa shape index (κ2) is 12.5. The van der Waals surface area contributed by atoms with Gasteiger partial charge < -0.3 is 30.2 Å². The minimum Gasteiger partial charge on any atom is -0.489 e. The van der Waals surface area contributed by atoms with Gasteiger partial charge in [0.05, 0.1) is 24.4 Å². The van der Waals surface area contributed by atoms with Crippen molar-refractivity contribution in [3.8, 4) is 11.5 Å². The Bertz CT molecular complexity index is 971. The van der Waals surface area contributed by atoms with Crippen LogP contribution in [0.5, 0.6) is 11.5 Å². The Balaban J connectivity index is 2.12. The average Bonchev–Trinajstić information content (AvgIpc) is 2.92. The van der Waals surface area contributed by atoms with Gasteiger partial charge in [0.25, 0.3) is 5.91 Å². The highest BCUT2D eigenvalue weighted by Gasteiger charge is 2.36. The third-order valence-electron chi connectivity index (χ3n) is 4.68. The Morgan fingerprint density at radius 2 is 2.14 bits per heavy atom. The molecule has 13 heteroatoms. The molecule has 1 heterocycles. The Morgan fingerprint density at radius 3 is 2.74 bits per heavy atom. The highest BCUT2D eigenvalue weighted by Crippen LogP contribution is 2.39. The molecule has 0 fully saturated rings. The van der Waals surface area contributed by atoms with Crippen LogP contribution in [0.1, 0.15) is 37.6 Å². The maximum atomic E-state index is 12.8. The van der Waals surface area contributed by atoms with Crippen LogP contribution in [0.2, 0.25) is 5.02 Å². The number of hydrogen-bond donors (Lipinski definition) is 2. The number of amides is 2. The number of benzene rings is 1. The molecule has 0 spiro atoms. The van der Waals surface area contributed by atoms with Crippen LogP contribution in [0, 0.1) is 0 Å². The summed E-state index contributed by atoms with van der Waals surface area (Å²) in [5.74, 6) is -0.794. The minimum atomic E-state index is -4.54. The molecule has 3 N–H and O–H groups in total. The Kier molecular flexibility index (Phi) is 10.1. The molecule has 1 aromatic carbocycles. The van der Waals surface area contributed by atoms with E-state index in [1.54, 1.807) is 6.92 Å². The number of ether oxygens (including phenoxy) is 3. The monoisotopic (exact) mass is 520 g/mol. The Morgan fingerprint density at radius 1 is 1.43 bits per heavy atom. The first-order chi connectivity index (χ1) is 16.4. The second-order valence-corrected chi connectivity index (χ2v) is 8.08. The van der Waals surface area contributed by atoms with Gasteiger partial charge in [-0.05, 0) is 25.5 Å². The van der Waals surface area contributed by atoms with E-state index in [1.165, 1.54) is 25.3 Å². The van der Waals surface area contributed by atoms with Crippen LogP contribution < -0.4 is 20.5 Å². The van der Waals surface area contributed by atoms with E-state index in [0.29, 0.717) is 11.3 Å². The number of fused-ring (bicyclic) bond motifs is 1. The van der Waals surface area contributed by atoms with Gasteiger partial charge in [-0.25, -0.2) is 4.99 Å². The lowest BCUT2D eigenvalue weighted by Crippen LogP contribution is -2.39. The first-order valence-corrected chi connectivity index (χ1v) is 11.2. The Labute approximate surface area is 206 Å². The molecule has 1 aromatic rings. The van der Waals surface area contributed by atoms with E-state index in [2.05, 4.69) is 10.3 Å². The van der Waals surface area contributed by atoms with Crippen molar-refractivity contribution in [2.24, 2.45) is 10.7 Å². The van der Waals surface area contributed by atoms with Gasteiger partial charge in [0.15, 0.2) is 5.75 Å². The number of nitrogens with zero attached hydrogens (tertiary/aromatic N) is 2. The molecule has 0 bridgehead atoms. The van der Waals surface area contributed by atoms with E-state index < -0.39 is 24.7 Å². The lowest BCUT2D eigenvalue weighted by Gasteiger charge is -2.21. The van der Waals surface area contributed by atoms with Crippen molar-refractivity contribution in [3.63, 3.8) is 0 Å². The predicted molar refractivity (Wildman–Crippen MR) is 124 cm³/mol. The van der Waals surface area contributed by atoms with Crippen LogP contribution in [-0.2, 0) is 9.53 Å². The number of carbonyl (C=O) groups excluding carboxylic acids is 2. The molecule has 0 radical (unpaired) electrons. The number of halogens is 4. The number of carbonyl (C=O) groups is 2. The quantitative estimate of drug-likeness (QED) is 0.361. The summed E-state index contributed by atoms with van der Waals surface area (Å²) < 4.78 is 55.3. The smallest absolute Gasteiger partial charge is 0.406 e. The van der Waals surface area contributed by atoms with Crippen molar-refractivity contribution >= 4 is 29.6 Å². The highest BCUT2D eigenvalue weighted by atomic mass is 35.5. The molecule has 2 atom stereocenters. The summed E-state index contributed by atoms with van der Waals surface area (Å²) in [6.07, 6.45) is -2.05. The van der Waals surface area contributed by atoms with E-state index >= 15 is 0 Å². The summed E-state index contributed by atoms with van der Waals surface area (Å²) in [6, 6.07) is 2.44. The molecule has 1 unspecified atom stereocenters. The first kappa shape index (κ1) is 28.1. The topological polar surface area (TPSA) is 115 Å². The first-order valence-electron chi connectivity index (χ1n) is 10.8. The van der Waals surface area contributed by atoms with E-state index in [-0.39, 0.29) is 59.7 Å². The molecule has 9 nitrogen and oxygen atoms in total. The number of hydrogen-bond acceptors (Lipinski definition) is 7. The van der Waals surface area contributed by atoms with Crippen molar-refractivity contribution in [1.29, 1.82) is 0 Å². The average molecular weight is 521 g/mol. The van der Waals surface area contributed by atoms with E-state index in [9.17, 15) is 22.8 Å². The van der Waals surface area contributed by atoms with Crippen LogP contribution in [-0.4, -0.2) is 67.6 Å². The molecule has 0 aromatic heterocycles. The Hall–Kier alpha value is -3.15. The second-order valence-electron chi connectivity index (χ2n) is 7.70. The molecule has 194 valence electrons. The van der Waals surface area contributed by atoms with Crippen LogP contribution in [0.3, 0.4) is 0 Å². The van der Waals surface area contributed by atoms with Gasteiger partial charge in [-0.2, -0.15) is 13.2 Å². The van der Waals surface area contributed by atoms with E-state index in [1.807, 2.05) is 6.92 Å². The van der Waals surface area contributed by atoms with Crippen molar-refractivity contribution in [2.75, 3.05) is 26.3 Å². The highest BCUT2D eigenvalue weighted by molar-refractivity contribution is 6.34. The molecule has 0 saturated carbocycles. The molecule has 0 saturated heterocycles. The standard InChI is InChI=1S/C22H28ClF3N4O5/c1-4-15(10-28-18(9-27)34-11-13(2)29-14(3)31)35-17-6-5-16-20(19(17)23)33-8-7-30(21(16)32)12-22(24,25)26/h5-6,9-10,13,15H,4,7-8,11-12,27H2,1-3H3,(H,29,31)/b18-9+,28-10?/t13-,15?/m0/s1. The van der Waals surface area contributed by atoms with E-state index in [0.717, 1.165) is 6.20 Å². The molecular weight excluding hydrogens is 493 g/mol. The van der Waals surface area contributed by atoms with Crippen molar-refractivity contribution < 1.29 is 37.0 Å². The van der Waals surface area contributed by atoms with Gasteiger partial charge in [-0.3, -0.25) is 9.59 Å². The van der Waals surface area contributed by atoms with Gasteiger partial charge in [-0.1, -0.05) is 18.5 Å². The van der Waals surface area contributed by atoms with Gasteiger partial charge in [0.2, 0.25) is 11.8 Å². The molecular formula is C22H28ClF3N4O5. The van der Waals surface area contributed by atoms with Gasteiger partial charge in [-0.15, -0.1) is 0 Å². The molecule has 1 aliphatic heterocycles. The zero-order chi connectivity index (χ0) is 26.2. The number of rotatable bonds is 10. The predicted octanol–water partition coefficient (Wildman–Crippen LogP) is 3.26. The van der Waals surface area contributed by atoms with Crippen LogP contribution in [0.4, 0.5) is 13.2 Å². The maximum absolute atomic E-state index is 12.8. The molecule has 35 heavy (non-hydrogen) atoms. The van der Waals surface area contributed by atoms with Gasteiger partial charge >= 0.3 is 6.18 Å². The lowest BCUT2D eigenvalue weighted by atomic mass is 10.1. The lowest BCUT2D eigenvalue weighted by molar-refractivity contribution is -0.141. The van der Waals surface area contributed by atoms with Crippen LogP contribution in [0.15, 0.2) is 29.2 Å². The molecule has 1 aliphatic rings. The normalized spacial score (nSPS) is 16.3. The zero-order valence-electron chi connectivity index (χ0n) is 19.5. The van der Waals surface area contributed by atoms with Crippen LogP contribution in [0.25, 0.3) is 0 Å². The summed E-state index contributed by atoms with van der Waals surface area (Å²) in [5.41, 5.74) is 5.46. The number of nitrogens with two attached hydrogens (primary N) is 1. The fraction of sp³-hybridized carbons (Fsp3) is 0.500.